The van der Waals surface area contributed by atoms with Crippen LogP contribution in [0.3, 0.4) is 0 Å². The van der Waals surface area contributed by atoms with Crippen LogP contribution in [0.25, 0.3) is 0 Å². The van der Waals surface area contributed by atoms with Gasteiger partial charge in [-0.1, -0.05) is 12.1 Å². The van der Waals surface area contributed by atoms with Gasteiger partial charge in [0.05, 0.1) is 13.7 Å². The van der Waals surface area contributed by atoms with E-state index in [9.17, 15) is 9.90 Å². The van der Waals surface area contributed by atoms with E-state index < -0.39 is 5.60 Å². The van der Waals surface area contributed by atoms with E-state index in [1.165, 1.54) is 0 Å². The minimum Gasteiger partial charge on any atom is -0.497 e. The maximum atomic E-state index is 12.7. The lowest BCUT2D eigenvalue weighted by atomic mass is 9.85. The van der Waals surface area contributed by atoms with Crippen molar-refractivity contribution >= 4 is 28.5 Å². The Hall–Kier alpha value is -1.60. The molecule has 1 unspecified atom stereocenters. The van der Waals surface area contributed by atoms with Crippen molar-refractivity contribution in [2.24, 2.45) is 0 Å². The molecule has 1 aliphatic rings. The van der Waals surface area contributed by atoms with Crippen LogP contribution >= 0.6 is 22.6 Å². The Kier molecular flexibility index (Phi) is 5.10. The Morgan fingerprint density at radius 3 is 2.71 bits per heavy atom. The fourth-order valence-electron chi connectivity index (χ4n) is 3.13. The minimum atomic E-state index is -1.04. The number of ether oxygens (including phenoxy) is 1. The summed E-state index contributed by atoms with van der Waals surface area (Å²) >= 11 is 2.22. The van der Waals surface area contributed by atoms with Gasteiger partial charge in [-0.25, -0.2) is 0 Å². The number of β-amino-alcohol motifs (C(OH)–C–C–N with tert-alkyl or cyclic N) is 1. The molecule has 2 aromatic carbocycles. The Morgan fingerprint density at radius 2 is 2.00 bits per heavy atom. The number of nitrogens with zero attached hydrogens (tertiary/aromatic N) is 1. The lowest BCUT2D eigenvalue weighted by Crippen LogP contribution is -2.48. The van der Waals surface area contributed by atoms with Crippen molar-refractivity contribution in [1.82, 2.24) is 4.90 Å². The third-order valence-corrected chi connectivity index (χ3v) is 5.18. The van der Waals surface area contributed by atoms with Gasteiger partial charge in [0.1, 0.15) is 11.4 Å². The molecule has 1 N–H and O–H groups in total. The molecule has 0 spiro atoms. The Balaban J connectivity index is 1.82. The summed E-state index contributed by atoms with van der Waals surface area (Å²) in [5.41, 5.74) is 0.415. The summed E-state index contributed by atoms with van der Waals surface area (Å²) in [7, 11) is 1.61. The van der Waals surface area contributed by atoms with E-state index in [1.54, 1.807) is 12.0 Å². The third kappa shape index (κ3) is 3.57. The average molecular weight is 437 g/mol. The van der Waals surface area contributed by atoms with E-state index >= 15 is 0 Å². The number of piperidine rings is 1. The van der Waals surface area contributed by atoms with Crippen LogP contribution in [0.4, 0.5) is 0 Å². The molecule has 1 aliphatic heterocycles. The van der Waals surface area contributed by atoms with E-state index in [4.69, 9.17) is 4.74 Å². The second-order valence-corrected chi connectivity index (χ2v) is 7.35. The van der Waals surface area contributed by atoms with Crippen molar-refractivity contribution in [3.8, 4) is 5.75 Å². The molecule has 24 heavy (non-hydrogen) atoms. The van der Waals surface area contributed by atoms with Gasteiger partial charge in [-0.05, 0) is 77.4 Å². The van der Waals surface area contributed by atoms with Gasteiger partial charge >= 0.3 is 0 Å². The van der Waals surface area contributed by atoms with Gasteiger partial charge in [-0.15, -0.1) is 0 Å². The van der Waals surface area contributed by atoms with Gasteiger partial charge in [-0.2, -0.15) is 0 Å². The molecule has 2 aromatic rings. The summed E-state index contributed by atoms with van der Waals surface area (Å²) in [6, 6.07) is 15.0. The normalized spacial score (nSPS) is 20.7. The summed E-state index contributed by atoms with van der Waals surface area (Å²) in [5, 5.41) is 11.1. The number of benzene rings is 2. The van der Waals surface area contributed by atoms with Gasteiger partial charge in [0.15, 0.2) is 0 Å². The number of likely N-dealkylation sites (tertiary alicyclic amines) is 1. The summed E-state index contributed by atoms with van der Waals surface area (Å²) < 4.78 is 6.35. The number of hydrogen-bond acceptors (Lipinski definition) is 3. The highest BCUT2D eigenvalue weighted by Crippen LogP contribution is 2.33. The van der Waals surface area contributed by atoms with Gasteiger partial charge in [0, 0.05) is 15.7 Å². The summed E-state index contributed by atoms with van der Waals surface area (Å²) in [4.78, 5) is 14.5. The molecule has 4 nitrogen and oxygen atoms in total. The van der Waals surface area contributed by atoms with Crippen molar-refractivity contribution in [3.05, 3.63) is 63.2 Å². The molecule has 0 radical (unpaired) electrons. The van der Waals surface area contributed by atoms with Crippen LogP contribution in [0, 0.1) is 3.57 Å². The van der Waals surface area contributed by atoms with E-state index in [0.29, 0.717) is 30.8 Å². The van der Waals surface area contributed by atoms with E-state index in [-0.39, 0.29) is 5.91 Å². The monoisotopic (exact) mass is 437 g/mol. The molecular formula is C19H20INO3. The highest BCUT2D eigenvalue weighted by Gasteiger charge is 2.37. The van der Waals surface area contributed by atoms with Crippen LogP contribution in [-0.4, -0.2) is 36.1 Å². The first-order valence-corrected chi connectivity index (χ1v) is 9.01. The zero-order valence-corrected chi connectivity index (χ0v) is 15.7. The Bertz CT molecular complexity index is 732. The second kappa shape index (κ2) is 7.11. The molecule has 126 valence electrons. The zero-order valence-electron chi connectivity index (χ0n) is 13.5. The molecular weight excluding hydrogens is 417 g/mol. The largest absolute Gasteiger partial charge is 0.497 e. The smallest absolute Gasteiger partial charge is 0.253 e. The lowest BCUT2D eigenvalue weighted by Gasteiger charge is -2.39. The molecule has 3 rings (SSSR count). The molecule has 5 heteroatoms. The maximum Gasteiger partial charge on any atom is 0.253 e. The fourth-order valence-corrected chi connectivity index (χ4v) is 3.49. The van der Waals surface area contributed by atoms with Gasteiger partial charge in [0.2, 0.25) is 0 Å². The number of rotatable bonds is 3. The van der Waals surface area contributed by atoms with Crippen molar-refractivity contribution in [2.45, 2.75) is 18.4 Å². The van der Waals surface area contributed by atoms with Crippen LogP contribution in [0.5, 0.6) is 5.75 Å². The summed E-state index contributed by atoms with van der Waals surface area (Å²) in [5.74, 6) is 0.675. The van der Waals surface area contributed by atoms with Gasteiger partial charge < -0.3 is 14.7 Å². The third-order valence-electron chi connectivity index (χ3n) is 4.46. The van der Waals surface area contributed by atoms with Gasteiger partial charge in [0.25, 0.3) is 5.91 Å². The van der Waals surface area contributed by atoms with E-state index in [0.717, 1.165) is 15.6 Å². The predicted molar refractivity (Wildman–Crippen MR) is 101 cm³/mol. The number of carbonyl (C=O) groups is 1. The van der Waals surface area contributed by atoms with Crippen LogP contribution in [-0.2, 0) is 5.60 Å². The molecule has 1 heterocycles. The van der Waals surface area contributed by atoms with Crippen LogP contribution in [0.1, 0.15) is 28.8 Å². The maximum absolute atomic E-state index is 12.7. The fraction of sp³-hybridized carbons (Fsp3) is 0.316. The quantitative estimate of drug-likeness (QED) is 0.749. The number of hydrogen-bond donors (Lipinski definition) is 1. The van der Waals surface area contributed by atoms with Crippen molar-refractivity contribution in [2.75, 3.05) is 20.2 Å². The molecule has 0 aromatic heterocycles. The number of methoxy groups -OCH3 is 1. The van der Waals surface area contributed by atoms with Crippen LogP contribution in [0.2, 0.25) is 0 Å². The predicted octanol–water partition coefficient (Wildman–Crippen LogP) is 3.42. The molecule has 0 aliphatic carbocycles. The first-order valence-electron chi connectivity index (χ1n) is 7.93. The number of carbonyl (C=O) groups excluding carboxylic acids is 1. The highest BCUT2D eigenvalue weighted by molar-refractivity contribution is 14.1. The number of halogens is 1. The first kappa shape index (κ1) is 17.2. The highest BCUT2D eigenvalue weighted by atomic mass is 127. The minimum absolute atomic E-state index is 0.0348. The standard InChI is InChI=1S/C19H20INO3/c1-24-17-5-2-4-15(12-17)19(23)10-3-11-21(13-19)18(22)14-6-8-16(20)9-7-14/h2,4-9,12,23H,3,10-11,13H2,1H3. The SMILES string of the molecule is COc1cccc(C2(O)CCCN(C(=O)c3ccc(I)cc3)C2)c1. The molecule has 1 fully saturated rings. The lowest BCUT2D eigenvalue weighted by molar-refractivity contribution is -0.0290. The Morgan fingerprint density at radius 1 is 1.25 bits per heavy atom. The topological polar surface area (TPSA) is 49.8 Å². The average Bonchev–Trinajstić information content (AvgIpc) is 2.62. The van der Waals surface area contributed by atoms with E-state index in [2.05, 4.69) is 22.6 Å². The van der Waals surface area contributed by atoms with Gasteiger partial charge in [-0.3, -0.25) is 4.79 Å². The van der Waals surface area contributed by atoms with E-state index in [1.807, 2.05) is 48.5 Å². The number of aliphatic hydroxyl groups is 1. The van der Waals surface area contributed by atoms with Crippen molar-refractivity contribution in [1.29, 1.82) is 0 Å². The molecule has 0 bridgehead atoms. The first-order chi connectivity index (χ1) is 11.5. The molecule has 1 atom stereocenters. The second-order valence-electron chi connectivity index (χ2n) is 6.10. The number of amides is 1. The molecule has 1 amide bonds. The molecule has 1 saturated heterocycles. The molecule has 0 saturated carbocycles. The summed E-state index contributed by atoms with van der Waals surface area (Å²) in [6.45, 7) is 0.960. The van der Waals surface area contributed by atoms with Crippen LogP contribution < -0.4 is 4.74 Å². The Labute approximate surface area is 155 Å². The van der Waals surface area contributed by atoms with Crippen molar-refractivity contribution in [3.63, 3.8) is 0 Å². The summed E-state index contributed by atoms with van der Waals surface area (Å²) in [6.07, 6.45) is 1.40. The van der Waals surface area contributed by atoms with Crippen LogP contribution in [0.15, 0.2) is 48.5 Å². The van der Waals surface area contributed by atoms with Crippen molar-refractivity contribution < 1.29 is 14.6 Å². The zero-order chi connectivity index (χ0) is 17.2.